The minimum Gasteiger partial charge on any atom is -0.494 e. The highest BCUT2D eigenvalue weighted by atomic mass is 32.2. The molecule has 1 amide bonds. The van der Waals surface area contributed by atoms with Gasteiger partial charge in [-0.3, -0.25) is 14.7 Å². The summed E-state index contributed by atoms with van der Waals surface area (Å²) in [5.41, 5.74) is 2.05. The van der Waals surface area contributed by atoms with Gasteiger partial charge in [-0.2, -0.15) is 0 Å². The topological polar surface area (TPSA) is 60.4 Å². The predicted octanol–water partition coefficient (Wildman–Crippen LogP) is 4.78. The lowest BCUT2D eigenvalue weighted by Crippen LogP contribution is -2.31. The summed E-state index contributed by atoms with van der Waals surface area (Å²) in [5, 5.41) is 0.801. The maximum atomic E-state index is 13.2. The Bertz CT molecular complexity index is 1030. The van der Waals surface area contributed by atoms with Crippen LogP contribution in [0, 0.1) is 0 Å². The van der Waals surface area contributed by atoms with Crippen molar-refractivity contribution in [2.24, 2.45) is 4.99 Å². The number of amides is 1. The van der Waals surface area contributed by atoms with Crippen molar-refractivity contribution in [3.8, 4) is 17.2 Å². The van der Waals surface area contributed by atoms with Crippen molar-refractivity contribution in [2.75, 3.05) is 27.4 Å². The molecule has 2 aliphatic rings. The number of benzene rings is 2. The van der Waals surface area contributed by atoms with Crippen LogP contribution in [0.15, 0.2) is 52.4 Å². The highest BCUT2D eigenvalue weighted by Crippen LogP contribution is 2.36. The van der Waals surface area contributed by atoms with Gasteiger partial charge in [0, 0.05) is 6.54 Å². The van der Waals surface area contributed by atoms with E-state index in [2.05, 4.69) is 0 Å². The van der Waals surface area contributed by atoms with Crippen molar-refractivity contribution in [3.05, 3.63) is 58.5 Å². The van der Waals surface area contributed by atoms with Gasteiger partial charge in [0.05, 0.1) is 31.8 Å². The van der Waals surface area contributed by atoms with Crippen molar-refractivity contribution < 1.29 is 19.0 Å². The van der Waals surface area contributed by atoms with Crippen LogP contribution in [0.25, 0.3) is 6.08 Å². The molecule has 2 aromatic carbocycles. The Balaban J connectivity index is 1.51. The van der Waals surface area contributed by atoms with Crippen LogP contribution in [-0.4, -0.2) is 49.4 Å². The summed E-state index contributed by atoms with van der Waals surface area (Å²) in [6.07, 6.45) is 4.83. The Hall–Kier alpha value is -2.93. The van der Waals surface area contributed by atoms with Crippen molar-refractivity contribution >= 4 is 28.9 Å². The number of carbonyl (C=O) groups excluding carboxylic acids is 1. The molecule has 1 heterocycles. The summed E-state index contributed by atoms with van der Waals surface area (Å²) in [7, 11) is 3.25. The molecule has 0 aromatic heterocycles. The van der Waals surface area contributed by atoms with Crippen LogP contribution in [0.5, 0.6) is 17.2 Å². The van der Waals surface area contributed by atoms with Crippen LogP contribution in [0.4, 0.5) is 0 Å². The van der Waals surface area contributed by atoms with Crippen LogP contribution < -0.4 is 14.2 Å². The van der Waals surface area contributed by atoms with E-state index in [1.54, 1.807) is 19.1 Å². The first-order valence-corrected chi connectivity index (χ1v) is 11.7. The molecular formula is C25H28N2O4S. The van der Waals surface area contributed by atoms with Gasteiger partial charge in [-0.1, -0.05) is 18.2 Å². The number of carbonyl (C=O) groups is 1. The number of thioether (sulfide) groups is 1. The fourth-order valence-corrected chi connectivity index (χ4v) is 4.49. The van der Waals surface area contributed by atoms with E-state index in [0.29, 0.717) is 42.0 Å². The maximum Gasteiger partial charge on any atom is 0.266 e. The molecule has 0 spiro atoms. The highest BCUT2D eigenvalue weighted by Gasteiger charge is 2.35. The third-order valence-corrected chi connectivity index (χ3v) is 6.31. The van der Waals surface area contributed by atoms with E-state index in [-0.39, 0.29) is 5.91 Å². The number of ether oxygens (including phenoxy) is 3. The Morgan fingerprint density at radius 3 is 2.50 bits per heavy atom. The molecule has 2 aromatic rings. The molecule has 7 heteroatoms. The Kier molecular flexibility index (Phi) is 7.05. The molecule has 0 bridgehead atoms. The van der Waals surface area contributed by atoms with E-state index in [0.717, 1.165) is 34.9 Å². The van der Waals surface area contributed by atoms with Crippen LogP contribution >= 0.6 is 11.8 Å². The van der Waals surface area contributed by atoms with Crippen molar-refractivity contribution in [3.63, 3.8) is 0 Å². The fraction of sp³-hybridized carbons (Fsp3) is 0.360. The van der Waals surface area contributed by atoms with E-state index in [4.69, 9.17) is 19.2 Å². The summed E-state index contributed by atoms with van der Waals surface area (Å²) in [5.74, 6) is 2.21. The molecule has 1 aliphatic heterocycles. The molecule has 1 saturated heterocycles. The quantitative estimate of drug-likeness (QED) is 0.513. The lowest BCUT2D eigenvalue weighted by Gasteiger charge is -2.16. The van der Waals surface area contributed by atoms with Gasteiger partial charge in [-0.15, -0.1) is 0 Å². The van der Waals surface area contributed by atoms with Gasteiger partial charge in [-0.05, 0) is 79.4 Å². The highest BCUT2D eigenvalue weighted by molar-refractivity contribution is 8.18. The van der Waals surface area contributed by atoms with E-state index < -0.39 is 0 Å². The minimum atomic E-state index is 0.00348. The first kappa shape index (κ1) is 22.3. The average molecular weight is 453 g/mol. The summed E-state index contributed by atoms with van der Waals surface area (Å²) in [6, 6.07) is 14.0. The zero-order valence-electron chi connectivity index (χ0n) is 18.7. The lowest BCUT2D eigenvalue weighted by atomic mass is 10.1. The number of methoxy groups -OCH3 is 2. The molecule has 1 saturated carbocycles. The fourth-order valence-electron chi connectivity index (χ4n) is 3.42. The smallest absolute Gasteiger partial charge is 0.266 e. The first-order valence-electron chi connectivity index (χ1n) is 10.8. The number of hydrogen-bond acceptors (Lipinski definition) is 6. The van der Waals surface area contributed by atoms with Crippen molar-refractivity contribution in [1.82, 2.24) is 4.90 Å². The van der Waals surface area contributed by atoms with E-state index in [9.17, 15) is 4.79 Å². The zero-order chi connectivity index (χ0) is 22.5. The number of nitrogens with zero attached hydrogens (tertiary/aromatic N) is 2. The Morgan fingerprint density at radius 2 is 1.84 bits per heavy atom. The molecule has 2 fully saturated rings. The number of amidine groups is 1. The molecule has 0 N–H and O–H groups in total. The molecule has 0 radical (unpaired) electrons. The van der Waals surface area contributed by atoms with Gasteiger partial charge in [0.1, 0.15) is 5.75 Å². The third-order valence-electron chi connectivity index (χ3n) is 5.29. The first-order chi connectivity index (χ1) is 15.6. The van der Waals surface area contributed by atoms with Crippen LogP contribution in [0.3, 0.4) is 0 Å². The molecule has 168 valence electrons. The van der Waals surface area contributed by atoms with Crippen molar-refractivity contribution in [1.29, 1.82) is 0 Å². The third kappa shape index (κ3) is 5.27. The van der Waals surface area contributed by atoms with Crippen molar-refractivity contribution in [2.45, 2.75) is 32.2 Å². The Labute approximate surface area is 193 Å². The van der Waals surface area contributed by atoms with Crippen LogP contribution in [0.2, 0.25) is 0 Å². The lowest BCUT2D eigenvalue weighted by molar-refractivity contribution is -0.122. The predicted molar refractivity (Wildman–Crippen MR) is 129 cm³/mol. The average Bonchev–Trinajstić information content (AvgIpc) is 3.58. The number of rotatable bonds is 9. The van der Waals surface area contributed by atoms with Gasteiger partial charge < -0.3 is 14.2 Å². The van der Waals surface area contributed by atoms with Crippen LogP contribution in [0.1, 0.15) is 30.9 Å². The normalized spacial score (nSPS) is 18.5. The molecule has 6 nitrogen and oxygen atoms in total. The molecule has 1 aliphatic carbocycles. The van der Waals surface area contributed by atoms with Crippen LogP contribution in [-0.2, 0) is 11.2 Å². The van der Waals surface area contributed by atoms with Gasteiger partial charge >= 0.3 is 0 Å². The molecule has 0 atom stereocenters. The second-order valence-electron chi connectivity index (χ2n) is 7.65. The summed E-state index contributed by atoms with van der Waals surface area (Å²) >= 11 is 1.46. The summed E-state index contributed by atoms with van der Waals surface area (Å²) < 4.78 is 16.2. The molecule has 0 unspecified atom stereocenters. The zero-order valence-corrected chi connectivity index (χ0v) is 19.5. The van der Waals surface area contributed by atoms with Gasteiger partial charge in [0.2, 0.25) is 0 Å². The number of aliphatic imine (C=N–C) groups is 1. The monoisotopic (exact) mass is 452 g/mol. The van der Waals surface area contributed by atoms with E-state index in [1.165, 1.54) is 11.8 Å². The minimum absolute atomic E-state index is 0.00348. The largest absolute Gasteiger partial charge is 0.494 e. The van der Waals surface area contributed by atoms with E-state index >= 15 is 0 Å². The summed E-state index contributed by atoms with van der Waals surface area (Å²) in [6.45, 7) is 3.15. The SMILES string of the molecule is CCOc1ccc(C=C2SC(=NC3CC3)N(CCc3ccc(OC)c(OC)c3)C2=O)cc1. The molecular weight excluding hydrogens is 424 g/mol. The van der Waals surface area contributed by atoms with Gasteiger partial charge in [0.25, 0.3) is 5.91 Å². The molecule has 32 heavy (non-hydrogen) atoms. The van der Waals surface area contributed by atoms with Gasteiger partial charge in [0.15, 0.2) is 16.7 Å². The Morgan fingerprint density at radius 1 is 1.09 bits per heavy atom. The molecule has 4 rings (SSSR count). The van der Waals surface area contributed by atoms with Gasteiger partial charge in [-0.25, -0.2) is 0 Å². The second kappa shape index (κ2) is 10.1. The maximum absolute atomic E-state index is 13.2. The number of hydrogen-bond donors (Lipinski definition) is 0. The second-order valence-corrected chi connectivity index (χ2v) is 8.66. The van der Waals surface area contributed by atoms with E-state index in [1.807, 2.05) is 55.5 Å². The standard InChI is InChI=1S/C25H28N2O4S/c1-4-31-20-10-5-17(6-11-20)16-23-24(28)27(25(32-23)26-19-8-9-19)14-13-18-7-12-21(29-2)22(15-18)30-3/h5-7,10-12,15-16,19H,4,8-9,13-14H2,1-3H3. The summed E-state index contributed by atoms with van der Waals surface area (Å²) in [4.78, 5) is 20.5.